The summed E-state index contributed by atoms with van der Waals surface area (Å²) in [5.74, 6) is 1.63. The summed E-state index contributed by atoms with van der Waals surface area (Å²) < 4.78 is 2.09. The Kier molecular flexibility index (Phi) is 3.08. The van der Waals surface area contributed by atoms with E-state index in [0.717, 1.165) is 12.2 Å². The Morgan fingerprint density at radius 3 is 2.67 bits per heavy atom. The van der Waals surface area contributed by atoms with Gasteiger partial charge in [0.15, 0.2) is 0 Å². The summed E-state index contributed by atoms with van der Waals surface area (Å²) in [6.07, 6.45) is 3.39. The molecule has 18 heavy (non-hydrogen) atoms. The molecule has 0 aliphatic heterocycles. The molecule has 3 rings (SSSR count). The molecule has 2 aromatic rings. The van der Waals surface area contributed by atoms with E-state index >= 15 is 0 Å². The smallest absolute Gasteiger partial charge is 0.225 e. The topological polar surface area (TPSA) is 30.7 Å². The van der Waals surface area contributed by atoms with Gasteiger partial charge in [-0.05, 0) is 43.4 Å². The van der Waals surface area contributed by atoms with Crippen LogP contribution >= 0.6 is 11.6 Å². The Labute approximate surface area is 112 Å². The van der Waals surface area contributed by atoms with E-state index in [9.17, 15) is 0 Å². The molecular weight excluding hydrogens is 246 g/mol. The van der Waals surface area contributed by atoms with E-state index in [1.165, 1.54) is 18.4 Å². The first kappa shape index (κ1) is 11.7. The van der Waals surface area contributed by atoms with Crippen molar-refractivity contribution >= 4 is 11.6 Å². The average Bonchev–Trinajstić information content (AvgIpc) is 3.14. The molecule has 1 fully saturated rings. The first-order valence-corrected chi connectivity index (χ1v) is 6.77. The van der Waals surface area contributed by atoms with Crippen LogP contribution in [-0.2, 0) is 6.42 Å². The number of rotatable bonds is 4. The maximum absolute atomic E-state index is 6.17. The Bertz CT molecular complexity index is 531. The summed E-state index contributed by atoms with van der Waals surface area (Å²) in [5, 5.41) is 8.75. The minimum atomic E-state index is 0.297. The first-order chi connectivity index (χ1) is 8.75. The van der Waals surface area contributed by atoms with Gasteiger partial charge in [-0.2, -0.15) is 0 Å². The predicted octanol–water partition coefficient (Wildman–Crippen LogP) is 3.61. The van der Waals surface area contributed by atoms with Crippen molar-refractivity contribution in [3.05, 3.63) is 47.0 Å². The van der Waals surface area contributed by atoms with Gasteiger partial charge in [-0.15, -0.1) is 10.2 Å². The van der Waals surface area contributed by atoms with E-state index in [4.69, 9.17) is 11.6 Å². The van der Waals surface area contributed by atoms with E-state index in [1.807, 2.05) is 6.07 Å². The molecule has 1 aromatic carbocycles. The van der Waals surface area contributed by atoms with Crippen LogP contribution in [0.15, 0.2) is 30.3 Å². The largest absolute Gasteiger partial charge is 0.298 e. The maximum atomic E-state index is 6.17. The standard InChI is InChI=1S/C14H16ClN3/c1-10(9-11-5-3-2-4-6-11)18-13(12-7-8-12)16-17-14(18)15/h2-6,10,12H,7-9H2,1H3. The molecule has 1 aliphatic carbocycles. The normalized spacial score (nSPS) is 16.8. The maximum Gasteiger partial charge on any atom is 0.225 e. The van der Waals surface area contributed by atoms with Gasteiger partial charge < -0.3 is 0 Å². The second-order valence-electron chi connectivity index (χ2n) is 5.01. The number of hydrogen-bond acceptors (Lipinski definition) is 2. The second kappa shape index (κ2) is 4.73. The van der Waals surface area contributed by atoms with E-state index in [1.54, 1.807) is 0 Å². The molecule has 1 aromatic heterocycles. The summed E-state index contributed by atoms with van der Waals surface area (Å²) in [7, 11) is 0. The Morgan fingerprint density at radius 2 is 2.00 bits per heavy atom. The van der Waals surface area contributed by atoms with Crippen LogP contribution in [-0.4, -0.2) is 14.8 Å². The van der Waals surface area contributed by atoms with Gasteiger partial charge in [-0.3, -0.25) is 4.57 Å². The fraction of sp³-hybridized carbons (Fsp3) is 0.429. The number of halogens is 1. The van der Waals surface area contributed by atoms with Crippen molar-refractivity contribution in [2.75, 3.05) is 0 Å². The lowest BCUT2D eigenvalue weighted by atomic mass is 10.1. The number of benzene rings is 1. The molecule has 1 heterocycles. The van der Waals surface area contributed by atoms with Crippen LogP contribution < -0.4 is 0 Å². The van der Waals surface area contributed by atoms with E-state index in [-0.39, 0.29) is 0 Å². The molecule has 4 heteroatoms. The highest BCUT2D eigenvalue weighted by molar-refractivity contribution is 6.28. The van der Waals surface area contributed by atoms with Gasteiger partial charge in [0.05, 0.1) is 0 Å². The molecule has 1 unspecified atom stereocenters. The van der Waals surface area contributed by atoms with Crippen LogP contribution in [0.2, 0.25) is 5.28 Å². The predicted molar refractivity (Wildman–Crippen MR) is 71.9 cm³/mol. The van der Waals surface area contributed by atoms with Crippen LogP contribution in [0, 0.1) is 0 Å². The van der Waals surface area contributed by atoms with Gasteiger partial charge in [0.1, 0.15) is 5.82 Å². The third-order valence-electron chi connectivity index (χ3n) is 3.44. The Hall–Kier alpha value is -1.35. The average molecular weight is 262 g/mol. The van der Waals surface area contributed by atoms with Crippen LogP contribution in [0.1, 0.15) is 43.1 Å². The lowest BCUT2D eigenvalue weighted by molar-refractivity contribution is 0.521. The molecule has 3 nitrogen and oxygen atoms in total. The third kappa shape index (κ3) is 2.27. The monoisotopic (exact) mass is 261 g/mol. The van der Waals surface area contributed by atoms with Crippen molar-refractivity contribution in [3.63, 3.8) is 0 Å². The van der Waals surface area contributed by atoms with Crippen LogP contribution in [0.25, 0.3) is 0 Å². The van der Waals surface area contributed by atoms with Crippen molar-refractivity contribution in [1.29, 1.82) is 0 Å². The fourth-order valence-electron chi connectivity index (χ4n) is 2.36. The van der Waals surface area contributed by atoms with Crippen molar-refractivity contribution in [2.45, 2.75) is 38.1 Å². The lowest BCUT2D eigenvalue weighted by Gasteiger charge is -2.16. The highest BCUT2D eigenvalue weighted by Gasteiger charge is 2.31. The molecule has 1 saturated carbocycles. The van der Waals surface area contributed by atoms with Gasteiger partial charge in [0.2, 0.25) is 5.28 Å². The zero-order valence-corrected chi connectivity index (χ0v) is 11.1. The quantitative estimate of drug-likeness (QED) is 0.842. The molecule has 0 N–H and O–H groups in total. The summed E-state index contributed by atoms with van der Waals surface area (Å²) in [6.45, 7) is 2.17. The van der Waals surface area contributed by atoms with E-state index < -0.39 is 0 Å². The molecule has 0 bridgehead atoms. The zero-order valence-electron chi connectivity index (χ0n) is 10.4. The second-order valence-corrected chi connectivity index (χ2v) is 5.35. The van der Waals surface area contributed by atoms with Crippen molar-refractivity contribution in [3.8, 4) is 0 Å². The molecule has 0 spiro atoms. The van der Waals surface area contributed by atoms with Crippen LogP contribution in [0.4, 0.5) is 0 Å². The zero-order chi connectivity index (χ0) is 12.5. The van der Waals surface area contributed by atoms with E-state index in [2.05, 4.69) is 46.0 Å². The van der Waals surface area contributed by atoms with Gasteiger partial charge >= 0.3 is 0 Å². The van der Waals surface area contributed by atoms with Crippen LogP contribution in [0.5, 0.6) is 0 Å². The minimum Gasteiger partial charge on any atom is -0.298 e. The molecule has 1 aliphatic rings. The first-order valence-electron chi connectivity index (χ1n) is 6.40. The summed E-state index contributed by atoms with van der Waals surface area (Å²) in [5.41, 5.74) is 1.32. The highest BCUT2D eigenvalue weighted by atomic mass is 35.5. The Balaban J connectivity index is 1.83. The highest BCUT2D eigenvalue weighted by Crippen LogP contribution is 2.40. The van der Waals surface area contributed by atoms with Crippen molar-refractivity contribution in [2.24, 2.45) is 0 Å². The summed E-state index contributed by atoms with van der Waals surface area (Å²) >= 11 is 6.17. The van der Waals surface area contributed by atoms with E-state index in [0.29, 0.717) is 17.2 Å². The molecule has 0 amide bonds. The molecule has 1 atom stereocenters. The summed E-state index contributed by atoms with van der Waals surface area (Å²) in [4.78, 5) is 0. The lowest BCUT2D eigenvalue weighted by Crippen LogP contribution is -2.11. The van der Waals surface area contributed by atoms with Gasteiger partial charge in [0.25, 0.3) is 0 Å². The third-order valence-corrected chi connectivity index (χ3v) is 3.70. The summed E-state index contributed by atoms with van der Waals surface area (Å²) in [6, 6.07) is 10.8. The molecule has 94 valence electrons. The van der Waals surface area contributed by atoms with Gasteiger partial charge in [-0.1, -0.05) is 30.3 Å². The number of hydrogen-bond donors (Lipinski definition) is 0. The van der Waals surface area contributed by atoms with Gasteiger partial charge in [-0.25, -0.2) is 0 Å². The molecular formula is C14H16ClN3. The van der Waals surface area contributed by atoms with Gasteiger partial charge in [0, 0.05) is 12.0 Å². The van der Waals surface area contributed by atoms with Crippen molar-refractivity contribution < 1.29 is 0 Å². The minimum absolute atomic E-state index is 0.297. The van der Waals surface area contributed by atoms with Crippen molar-refractivity contribution in [1.82, 2.24) is 14.8 Å². The molecule has 0 saturated heterocycles. The number of aromatic nitrogens is 3. The SMILES string of the molecule is CC(Cc1ccccc1)n1c(Cl)nnc1C1CC1. The van der Waals surface area contributed by atoms with Crippen LogP contribution in [0.3, 0.4) is 0 Å². The fourth-order valence-corrected chi connectivity index (χ4v) is 2.65. The molecule has 0 radical (unpaired) electrons. The number of nitrogens with zero attached hydrogens (tertiary/aromatic N) is 3. The Morgan fingerprint density at radius 1 is 1.28 bits per heavy atom.